The SMILES string of the molecule is CC(C)(C)C(=O)O[C@H]1CC(n2cc(I)c3c(=O)[nH]c(N)nc32)O[C@@H]1CO. The van der Waals surface area contributed by atoms with Crippen LogP contribution >= 0.6 is 22.6 Å². The van der Waals surface area contributed by atoms with Crippen LogP contribution in [0.15, 0.2) is 11.0 Å². The highest BCUT2D eigenvalue weighted by molar-refractivity contribution is 14.1. The number of anilines is 1. The van der Waals surface area contributed by atoms with Crippen molar-refractivity contribution in [1.82, 2.24) is 14.5 Å². The molecule has 0 saturated carbocycles. The molecule has 142 valence electrons. The van der Waals surface area contributed by atoms with Crippen molar-refractivity contribution in [2.45, 2.75) is 45.6 Å². The average Bonchev–Trinajstić information content (AvgIpc) is 3.07. The molecule has 9 nitrogen and oxygen atoms in total. The first-order chi connectivity index (χ1) is 12.1. The number of carbonyl (C=O) groups is 1. The summed E-state index contributed by atoms with van der Waals surface area (Å²) in [4.78, 5) is 31.0. The number of nitrogens with one attached hydrogen (secondary N) is 1. The van der Waals surface area contributed by atoms with Crippen molar-refractivity contribution in [3.8, 4) is 0 Å². The molecule has 26 heavy (non-hydrogen) atoms. The van der Waals surface area contributed by atoms with E-state index < -0.39 is 23.9 Å². The number of rotatable bonds is 3. The van der Waals surface area contributed by atoms with E-state index in [0.717, 1.165) is 0 Å². The molecular weight excluding hydrogens is 455 g/mol. The lowest BCUT2D eigenvalue weighted by molar-refractivity contribution is -0.162. The summed E-state index contributed by atoms with van der Waals surface area (Å²) in [5.74, 6) is -0.360. The van der Waals surface area contributed by atoms with Gasteiger partial charge in [-0.15, -0.1) is 0 Å². The van der Waals surface area contributed by atoms with Gasteiger partial charge in [0.05, 0.1) is 17.4 Å². The van der Waals surface area contributed by atoms with Crippen LogP contribution in [-0.4, -0.2) is 44.4 Å². The number of aromatic amines is 1. The Hall–Kier alpha value is -1.66. The number of aliphatic hydroxyl groups is 1. The summed E-state index contributed by atoms with van der Waals surface area (Å²) in [5.41, 5.74) is 5.07. The van der Waals surface area contributed by atoms with Crippen molar-refractivity contribution in [2.24, 2.45) is 5.41 Å². The average molecular weight is 476 g/mol. The number of aromatic nitrogens is 3. The van der Waals surface area contributed by atoms with Gasteiger partial charge in [0.1, 0.15) is 18.4 Å². The van der Waals surface area contributed by atoms with Crippen LogP contribution in [0.5, 0.6) is 0 Å². The van der Waals surface area contributed by atoms with Crippen molar-refractivity contribution in [3.05, 3.63) is 20.1 Å². The van der Waals surface area contributed by atoms with Gasteiger partial charge in [-0.05, 0) is 43.4 Å². The fourth-order valence-corrected chi connectivity index (χ4v) is 3.61. The van der Waals surface area contributed by atoms with E-state index in [0.29, 0.717) is 21.0 Å². The molecule has 4 N–H and O–H groups in total. The molecule has 0 spiro atoms. The zero-order valence-corrected chi connectivity index (χ0v) is 16.8. The summed E-state index contributed by atoms with van der Waals surface area (Å²) in [6.45, 7) is 5.00. The molecule has 1 aliphatic rings. The van der Waals surface area contributed by atoms with Crippen LogP contribution in [0.2, 0.25) is 0 Å². The van der Waals surface area contributed by atoms with Gasteiger partial charge >= 0.3 is 5.97 Å². The van der Waals surface area contributed by atoms with Gasteiger partial charge in [-0.1, -0.05) is 0 Å². The lowest BCUT2D eigenvalue weighted by Crippen LogP contribution is -2.34. The largest absolute Gasteiger partial charge is 0.459 e. The molecule has 0 aliphatic carbocycles. The summed E-state index contributed by atoms with van der Waals surface area (Å²) in [6.07, 6.45) is 0.290. The molecule has 0 amide bonds. The predicted octanol–water partition coefficient (Wildman–Crippen LogP) is 1.15. The van der Waals surface area contributed by atoms with Gasteiger partial charge in [0.15, 0.2) is 5.65 Å². The number of aliphatic hydroxyl groups excluding tert-OH is 1. The first-order valence-corrected chi connectivity index (χ1v) is 9.23. The molecule has 1 aliphatic heterocycles. The third-order valence-electron chi connectivity index (χ3n) is 4.20. The molecule has 2 aromatic rings. The van der Waals surface area contributed by atoms with Gasteiger partial charge < -0.3 is 24.9 Å². The molecule has 1 unspecified atom stereocenters. The Morgan fingerprint density at radius 1 is 1.58 bits per heavy atom. The Morgan fingerprint density at radius 3 is 2.88 bits per heavy atom. The second kappa shape index (κ2) is 6.82. The van der Waals surface area contributed by atoms with E-state index in [1.165, 1.54) is 0 Å². The number of esters is 1. The molecule has 1 saturated heterocycles. The third-order valence-corrected chi connectivity index (χ3v) is 5.01. The third kappa shape index (κ3) is 3.45. The first-order valence-electron chi connectivity index (χ1n) is 8.15. The van der Waals surface area contributed by atoms with Crippen molar-refractivity contribution in [2.75, 3.05) is 12.3 Å². The van der Waals surface area contributed by atoms with Crippen LogP contribution < -0.4 is 11.3 Å². The maximum atomic E-state index is 12.2. The van der Waals surface area contributed by atoms with Gasteiger partial charge in [-0.2, -0.15) is 4.98 Å². The van der Waals surface area contributed by atoms with E-state index in [-0.39, 0.29) is 24.1 Å². The molecule has 2 aromatic heterocycles. The molecule has 0 aromatic carbocycles. The Morgan fingerprint density at radius 2 is 2.27 bits per heavy atom. The zero-order chi connectivity index (χ0) is 19.2. The topological polar surface area (TPSA) is 132 Å². The molecule has 3 heterocycles. The highest BCUT2D eigenvalue weighted by Gasteiger charge is 2.40. The maximum absolute atomic E-state index is 12.2. The second-order valence-electron chi connectivity index (χ2n) is 7.28. The van der Waals surface area contributed by atoms with Crippen LogP contribution in [0.25, 0.3) is 11.0 Å². The lowest BCUT2D eigenvalue weighted by Gasteiger charge is -2.22. The fourth-order valence-electron chi connectivity index (χ4n) is 2.82. The van der Waals surface area contributed by atoms with E-state index in [9.17, 15) is 14.7 Å². The number of hydrogen-bond donors (Lipinski definition) is 3. The van der Waals surface area contributed by atoms with E-state index in [2.05, 4.69) is 9.97 Å². The molecular formula is C16H21IN4O5. The zero-order valence-electron chi connectivity index (χ0n) is 14.7. The van der Waals surface area contributed by atoms with Crippen LogP contribution in [-0.2, 0) is 14.3 Å². The van der Waals surface area contributed by atoms with E-state index >= 15 is 0 Å². The lowest BCUT2D eigenvalue weighted by atomic mass is 9.97. The molecule has 10 heteroatoms. The Labute approximate surface area is 163 Å². The first kappa shape index (κ1) is 19.1. The fraction of sp³-hybridized carbons (Fsp3) is 0.562. The van der Waals surface area contributed by atoms with Crippen molar-refractivity contribution in [1.29, 1.82) is 0 Å². The van der Waals surface area contributed by atoms with Crippen molar-refractivity contribution < 1.29 is 19.4 Å². The standard InChI is InChI=1S/C16H21IN4O5/c1-16(2,3)14(24)26-8-4-10(25-9(8)6-22)21-5-7(17)11-12(21)19-15(18)20-13(11)23/h5,8-10,22H,4,6H2,1-3H3,(H3,18,19,20,23)/t8-,9+,10?/m0/s1. The summed E-state index contributed by atoms with van der Waals surface area (Å²) < 4.78 is 13.8. The number of carbonyl (C=O) groups excluding carboxylic acids is 1. The highest BCUT2D eigenvalue weighted by Crippen LogP contribution is 2.35. The minimum atomic E-state index is -0.656. The highest BCUT2D eigenvalue weighted by atomic mass is 127. The minimum Gasteiger partial charge on any atom is -0.459 e. The number of nitrogens with two attached hydrogens (primary N) is 1. The van der Waals surface area contributed by atoms with Crippen molar-refractivity contribution >= 4 is 45.5 Å². The van der Waals surface area contributed by atoms with Crippen LogP contribution in [0.1, 0.15) is 33.4 Å². The van der Waals surface area contributed by atoms with E-state index in [1.54, 1.807) is 31.5 Å². The monoisotopic (exact) mass is 476 g/mol. The Bertz CT molecular complexity index is 900. The van der Waals surface area contributed by atoms with Crippen LogP contribution in [0.3, 0.4) is 0 Å². The maximum Gasteiger partial charge on any atom is 0.311 e. The normalized spacial score (nSPS) is 23.5. The quantitative estimate of drug-likeness (QED) is 0.447. The number of hydrogen-bond acceptors (Lipinski definition) is 7. The van der Waals surface area contributed by atoms with Gasteiger partial charge in [0, 0.05) is 16.2 Å². The smallest absolute Gasteiger partial charge is 0.311 e. The van der Waals surface area contributed by atoms with Gasteiger partial charge in [-0.3, -0.25) is 14.6 Å². The molecule has 0 radical (unpaired) electrons. The number of fused-ring (bicyclic) bond motifs is 1. The van der Waals surface area contributed by atoms with E-state index in [4.69, 9.17) is 15.2 Å². The Balaban J connectivity index is 1.93. The summed E-state index contributed by atoms with van der Waals surface area (Å²) >= 11 is 2.04. The number of H-pyrrole nitrogens is 1. The summed E-state index contributed by atoms with van der Waals surface area (Å²) in [6, 6.07) is 0. The van der Waals surface area contributed by atoms with Crippen LogP contribution in [0, 0.1) is 8.99 Å². The molecule has 1 fully saturated rings. The second-order valence-corrected chi connectivity index (χ2v) is 8.44. The summed E-state index contributed by atoms with van der Waals surface area (Å²) in [5, 5.41) is 10.0. The van der Waals surface area contributed by atoms with Crippen LogP contribution in [0.4, 0.5) is 5.95 Å². The molecule has 3 atom stereocenters. The van der Waals surface area contributed by atoms with Crippen molar-refractivity contribution in [3.63, 3.8) is 0 Å². The summed E-state index contributed by atoms with van der Waals surface area (Å²) in [7, 11) is 0. The Kier molecular flexibility index (Phi) is 5.01. The minimum absolute atomic E-state index is 0.00525. The van der Waals surface area contributed by atoms with E-state index in [1.807, 2.05) is 22.6 Å². The number of nitrogens with zero attached hydrogens (tertiary/aromatic N) is 2. The molecule has 3 rings (SSSR count). The van der Waals surface area contributed by atoms with Gasteiger partial charge in [-0.25, -0.2) is 0 Å². The molecule has 0 bridgehead atoms. The van der Waals surface area contributed by atoms with Gasteiger partial charge in [0.2, 0.25) is 5.95 Å². The number of nitrogen functional groups attached to an aromatic ring is 1. The van der Waals surface area contributed by atoms with Gasteiger partial charge in [0.25, 0.3) is 5.56 Å². The number of ether oxygens (including phenoxy) is 2. The predicted molar refractivity (Wildman–Crippen MR) is 102 cm³/mol. The number of halogens is 1.